The molecule has 0 amide bonds. The molecule has 19 heavy (non-hydrogen) atoms. The number of hydrogen-bond acceptors (Lipinski definition) is 3. The van der Waals surface area contributed by atoms with Gasteiger partial charge in [0.1, 0.15) is 5.52 Å². The Morgan fingerprint density at radius 2 is 2.16 bits per heavy atom. The predicted molar refractivity (Wildman–Crippen MR) is 81.4 cm³/mol. The Morgan fingerprint density at radius 3 is 2.79 bits per heavy atom. The van der Waals surface area contributed by atoms with E-state index in [0.717, 1.165) is 29.7 Å². The molecule has 0 saturated carbocycles. The monoisotopic (exact) mass is 300 g/mol. The standard InChI is InChI=1S/C12H20N4OS2/c1-4-6-9-10-11(15(3)14-9)16(12(18)13-10)7-8-19(17)5-2/h4-8H2,1-3H3,(H,13,18). The molecule has 1 unspecified atom stereocenters. The highest BCUT2D eigenvalue weighted by molar-refractivity contribution is 7.84. The van der Waals surface area contributed by atoms with E-state index in [1.807, 2.05) is 23.2 Å². The topological polar surface area (TPSA) is 55.6 Å². The van der Waals surface area contributed by atoms with Gasteiger partial charge in [0.05, 0.1) is 5.69 Å². The number of nitrogens with one attached hydrogen (secondary N) is 1. The van der Waals surface area contributed by atoms with Crippen LogP contribution in [0, 0.1) is 4.77 Å². The Labute approximate surface area is 120 Å². The predicted octanol–water partition coefficient (Wildman–Crippen LogP) is 2.15. The summed E-state index contributed by atoms with van der Waals surface area (Å²) in [5, 5.41) is 4.53. The van der Waals surface area contributed by atoms with Crippen LogP contribution in [0.1, 0.15) is 26.0 Å². The maximum atomic E-state index is 11.6. The summed E-state index contributed by atoms with van der Waals surface area (Å²) in [4.78, 5) is 3.24. The number of aromatic amines is 1. The lowest BCUT2D eigenvalue weighted by Crippen LogP contribution is -2.10. The molecule has 0 fully saturated rings. The van der Waals surface area contributed by atoms with E-state index in [1.54, 1.807) is 0 Å². The molecule has 106 valence electrons. The second-order valence-electron chi connectivity index (χ2n) is 4.53. The van der Waals surface area contributed by atoms with E-state index in [0.29, 0.717) is 22.8 Å². The van der Waals surface area contributed by atoms with Crippen LogP contribution in [0.3, 0.4) is 0 Å². The van der Waals surface area contributed by atoms with E-state index >= 15 is 0 Å². The van der Waals surface area contributed by atoms with Crippen molar-refractivity contribution in [1.82, 2.24) is 19.3 Å². The normalized spacial score (nSPS) is 13.2. The molecular weight excluding hydrogens is 280 g/mol. The molecular formula is C12H20N4OS2. The summed E-state index contributed by atoms with van der Waals surface area (Å²) in [6, 6.07) is 0. The highest BCUT2D eigenvalue weighted by atomic mass is 32.2. The Kier molecular flexibility index (Phi) is 4.57. The second-order valence-corrected chi connectivity index (χ2v) is 6.79. The minimum absolute atomic E-state index is 0.631. The molecule has 2 heterocycles. The fraction of sp³-hybridized carbons (Fsp3) is 0.667. The third kappa shape index (κ3) is 2.81. The lowest BCUT2D eigenvalue weighted by Gasteiger charge is -2.03. The van der Waals surface area contributed by atoms with E-state index in [2.05, 4.69) is 17.0 Å². The zero-order valence-electron chi connectivity index (χ0n) is 11.6. The fourth-order valence-electron chi connectivity index (χ4n) is 2.23. The van der Waals surface area contributed by atoms with Crippen molar-refractivity contribution in [2.24, 2.45) is 7.05 Å². The summed E-state index contributed by atoms with van der Waals surface area (Å²) in [6.07, 6.45) is 1.99. The molecule has 2 rings (SSSR count). The summed E-state index contributed by atoms with van der Waals surface area (Å²) in [6.45, 7) is 4.74. The van der Waals surface area contributed by atoms with E-state index in [4.69, 9.17) is 12.2 Å². The van der Waals surface area contributed by atoms with Crippen LogP contribution >= 0.6 is 12.2 Å². The zero-order valence-corrected chi connectivity index (χ0v) is 13.2. The Hall–Kier alpha value is -0.950. The Morgan fingerprint density at radius 1 is 1.42 bits per heavy atom. The molecule has 2 aromatic rings. The van der Waals surface area contributed by atoms with Gasteiger partial charge in [0, 0.05) is 35.9 Å². The molecule has 0 radical (unpaired) electrons. The summed E-state index contributed by atoms with van der Waals surface area (Å²) in [7, 11) is 1.15. The highest BCUT2D eigenvalue weighted by Gasteiger charge is 2.14. The first-order chi connectivity index (χ1) is 9.08. The number of fused-ring (bicyclic) bond motifs is 1. The van der Waals surface area contributed by atoms with E-state index < -0.39 is 10.8 Å². The van der Waals surface area contributed by atoms with Gasteiger partial charge in [-0.05, 0) is 18.6 Å². The van der Waals surface area contributed by atoms with Gasteiger partial charge in [0.2, 0.25) is 0 Å². The van der Waals surface area contributed by atoms with Crippen molar-refractivity contribution in [3.8, 4) is 0 Å². The average Bonchev–Trinajstić information content (AvgIpc) is 2.86. The highest BCUT2D eigenvalue weighted by Crippen LogP contribution is 2.19. The molecule has 1 atom stereocenters. The number of imidazole rings is 1. The molecule has 2 aromatic heterocycles. The van der Waals surface area contributed by atoms with Crippen molar-refractivity contribution < 1.29 is 4.21 Å². The Bertz CT molecular complexity index is 653. The Balaban J connectivity index is 2.41. The van der Waals surface area contributed by atoms with Crippen LogP contribution < -0.4 is 0 Å². The van der Waals surface area contributed by atoms with E-state index in [1.165, 1.54) is 0 Å². The van der Waals surface area contributed by atoms with Gasteiger partial charge in [0.25, 0.3) is 0 Å². The van der Waals surface area contributed by atoms with Crippen molar-refractivity contribution in [3.63, 3.8) is 0 Å². The molecule has 1 N–H and O–H groups in total. The first-order valence-electron chi connectivity index (χ1n) is 6.57. The summed E-state index contributed by atoms with van der Waals surface area (Å²) in [5.41, 5.74) is 3.08. The summed E-state index contributed by atoms with van der Waals surface area (Å²) >= 11 is 5.37. The molecule has 0 aliphatic heterocycles. The minimum Gasteiger partial charge on any atom is -0.328 e. The molecule has 0 saturated heterocycles. The van der Waals surface area contributed by atoms with Crippen molar-refractivity contribution in [2.75, 3.05) is 11.5 Å². The molecule has 0 aliphatic carbocycles. The number of H-pyrrole nitrogens is 1. The maximum absolute atomic E-state index is 11.6. The smallest absolute Gasteiger partial charge is 0.179 e. The van der Waals surface area contributed by atoms with Crippen LogP contribution in [0.2, 0.25) is 0 Å². The molecule has 7 heteroatoms. The van der Waals surface area contributed by atoms with Gasteiger partial charge in [-0.15, -0.1) is 0 Å². The lowest BCUT2D eigenvalue weighted by molar-refractivity contribution is 0.666. The van der Waals surface area contributed by atoms with Crippen molar-refractivity contribution in [1.29, 1.82) is 0 Å². The minimum atomic E-state index is -0.777. The van der Waals surface area contributed by atoms with Gasteiger partial charge in [-0.3, -0.25) is 8.89 Å². The SMILES string of the molecule is CCCc1nn(C)c2c1[nH]c(=S)n2CCS(=O)CC. The van der Waals surface area contributed by atoms with Gasteiger partial charge < -0.3 is 9.55 Å². The second kappa shape index (κ2) is 6.00. The molecule has 0 spiro atoms. The van der Waals surface area contributed by atoms with Crippen molar-refractivity contribution >= 4 is 34.2 Å². The van der Waals surface area contributed by atoms with Crippen molar-refractivity contribution in [2.45, 2.75) is 33.2 Å². The third-order valence-electron chi connectivity index (χ3n) is 3.17. The van der Waals surface area contributed by atoms with Gasteiger partial charge in [-0.25, -0.2) is 0 Å². The van der Waals surface area contributed by atoms with Gasteiger partial charge >= 0.3 is 0 Å². The quantitative estimate of drug-likeness (QED) is 0.832. The van der Waals surface area contributed by atoms with Crippen LogP contribution in [0.15, 0.2) is 0 Å². The third-order valence-corrected chi connectivity index (χ3v) is 4.78. The number of rotatable bonds is 6. The molecule has 0 bridgehead atoms. The number of nitrogens with zero attached hydrogens (tertiary/aromatic N) is 3. The van der Waals surface area contributed by atoms with Gasteiger partial charge in [-0.1, -0.05) is 20.3 Å². The molecule has 5 nitrogen and oxygen atoms in total. The van der Waals surface area contributed by atoms with E-state index in [-0.39, 0.29) is 0 Å². The first-order valence-corrected chi connectivity index (χ1v) is 8.47. The summed E-state index contributed by atoms with van der Waals surface area (Å²) in [5.74, 6) is 1.32. The van der Waals surface area contributed by atoms with E-state index in [9.17, 15) is 4.21 Å². The lowest BCUT2D eigenvalue weighted by atomic mass is 10.2. The van der Waals surface area contributed by atoms with Gasteiger partial charge in [0.15, 0.2) is 10.4 Å². The summed E-state index contributed by atoms with van der Waals surface area (Å²) < 4.78 is 16.1. The van der Waals surface area contributed by atoms with Crippen LogP contribution in [0.5, 0.6) is 0 Å². The van der Waals surface area contributed by atoms with Gasteiger partial charge in [-0.2, -0.15) is 5.10 Å². The molecule has 0 aliphatic rings. The van der Waals surface area contributed by atoms with Crippen LogP contribution in [-0.4, -0.2) is 35.0 Å². The van der Waals surface area contributed by atoms with Crippen molar-refractivity contribution in [3.05, 3.63) is 10.5 Å². The van der Waals surface area contributed by atoms with Crippen LogP contribution in [0.25, 0.3) is 11.2 Å². The number of aryl methyl sites for hydroxylation is 3. The number of hydrogen-bond donors (Lipinski definition) is 1. The average molecular weight is 300 g/mol. The van der Waals surface area contributed by atoms with Crippen LogP contribution in [-0.2, 0) is 30.8 Å². The number of aromatic nitrogens is 4. The largest absolute Gasteiger partial charge is 0.328 e. The molecule has 0 aromatic carbocycles. The zero-order chi connectivity index (χ0) is 14.0. The maximum Gasteiger partial charge on any atom is 0.179 e. The van der Waals surface area contributed by atoms with Crippen LogP contribution in [0.4, 0.5) is 0 Å². The fourth-order valence-corrected chi connectivity index (χ4v) is 3.19. The first kappa shape index (κ1) is 14.5.